The summed E-state index contributed by atoms with van der Waals surface area (Å²) < 4.78 is 12.1. The highest BCUT2D eigenvalue weighted by Crippen LogP contribution is 2.30. The van der Waals surface area contributed by atoms with Crippen LogP contribution in [0.4, 0.5) is 0 Å². The van der Waals surface area contributed by atoms with Crippen LogP contribution in [-0.2, 0) is 9.47 Å². The third kappa shape index (κ3) is 5.08. The molecule has 2 aliphatic heterocycles. The minimum absolute atomic E-state index is 0.193. The van der Waals surface area contributed by atoms with Crippen molar-refractivity contribution in [3.8, 4) is 0 Å². The fraction of sp³-hybridized carbons (Fsp3) is 0.750. The van der Waals surface area contributed by atoms with Crippen molar-refractivity contribution in [2.24, 2.45) is 5.92 Å². The predicted octanol–water partition coefficient (Wildman–Crippen LogP) is 2.87. The van der Waals surface area contributed by atoms with Gasteiger partial charge in [0.1, 0.15) is 6.10 Å². The number of allylic oxidation sites excluding steroid dienone is 1. The first-order valence-electron chi connectivity index (χ1n) is 9.48. The summed E-state index contributed by atoms with van der Waals surface area (Å²) in [4.78, 5) is 4.89. The van der Waals surface area contributed by atoms with Crippen LogP contribution in [0.3, 0.4) is 0 Å². The molecule has 135 valence electrons. The molecule has 0 aromatic rings. The summed E-state index contributed by atoms with van der Waals surface area (Å²) in [7, 11) is 3.96. The first-order valence-corrected chi connectivity index (χ1v) is 9.48. The number of piperidine rings is 2. The van der Waals surface area contributed by atoms with Crippen molar-refractivity contribution in [2.75, 3.05) is 46.9 Å². The molecule has 0 spiro atoms. The lowest BCUT2D eigenvalue weighted by molar-refractivity contribution is -0.0265. The highest BCUT2D eigenvalue weighted by molar-refractivity contribution is 5.39. The molecule has 4 heteroatoms. The van der Waals surface area contributed by atoms with Gasteiger partial charge in [-0.3, -0.25) is 4.90 Å². The SMILES string of the molecule is C=C(OC(CC1=C[CH]1)CN1CCCCC1)C1CCN(C)CC1OC. The Kier molecular flexibility index (Phi) is 6.37. The molecule has 3 aliphatic rings. The molecule has 3 unspecified atom stereocenters. The van der Waals surface area contributed by atoms with Crippen molar-refractivity contribution < 1.29 is 9.47 Å². The van der Waals surface area contributed by atoms with Gasteiger partial charge >= 0.3 is 0 Å². The molecule has 0 aromatic carbocycles. The van der Waals surface area contributed by atoms with Gasteiger partial charge < -0.3 is 14.4 Å². The fourth-order valence-corrected chi connectivity index (χ4v) is 4.01. The largest absolute Gasteiger partial charge is 0.493 e. The van der Waals surface area contributed by atoms with Gasteiger partial charge in [0.25, 0.3) is 0 Å². The van der Waals surface area contributed by atoms with E-state index in [1.807, 2.05) is 0 Å². The first kappa shape index (κ1) is 18.0. The zero-order valence-corrected chi connectivity index (χ0v) is 15.4. The molecular weight excluding hydrogens is 300 g/mol. The Morgan fingerprint density at radius 1 is 1.29 bits per heavy atom. The lowest BCUT2D eigenvalue weighted by Gasteiger charge is -2.38. The zero-order valence-electron chi connectivity index (χ0n) is 15.4. The van der Waals surface area contributed by atoms with Crippen molar-refractivity contribution in [1.29, 1.82) is 0 Å². The molecule has 2 heterocycles. The van der Waals surface area contributed by atoms with E-state index < -0.39 is 0 Å². The van der Waals surface area contributed by atoms with Crippen LogP contribution in [-0.4, -0.2) is 68.9 Å². The van der Waals surface area contributed by atoms with Crippen LogP contribution in [0.15, 0.2) is 24.0 Å². The second-order valence-corrected chi connectivity index (χ2v) is 7.61. The third-order valence-electron chi connectivity index (χ3n) is 5.57. The number of likely N-dealkylation sites (tertiary alicyclic amines) is 2. The molecule has 3 atom stereocenters. The normalized spacial score (nSPS) is 29.8. The Bertz CT molecular complexity index is 457. The maximum atomic E-state index is 6.42. The Morgan fingerprint density at radius 2 is 2.04 bits per heavy atom. The van der Waals surface area contributed by atoms with Gasteiger partial charge in [-0.1, -0.05) is 24.6 Å². The summed E-state index contributed by atoms with van der Waals surface area (Å²) in [6.07, 6.45) is 10.9. The molecule has 4 nitrogen and oxygen atoms in total. The summed E-state index contributed by atoms with van der Waals surface area (Å²) in [5, 5.41) is 0. The van der Waals surface area contributed by atoms with Gasteiger partial charge in [0.2, 0.25) is 0 Å². The molecule has 0 saturated carbocycles. The zero-order chi connectivity index (χ0) is 16.9. The van der Waals surface area contributed by atoms with Gasteiger partial charge in [-0.05, 0) is 45.9 Å². The number of ether oxygens (including phenoxy) is 2. The molecule has 2 saturated heterocycles. The van der Waals surface area contributed by atoms with E-state index in [1.54, 1.807) is 7.11 Å². The van der Waals surface area contributed by atoms with Crippen molar-refractivity contribution in [2.45, 2.75) is 44.3 Å². The monoisotopic (exact) mass is 333 g/mol. The van der Waals surface area contributed by atoms with Crippen molar-refractivity contribution >= 4 is 0 Å². The second-order valence-electron chi connectivity index (χ2n) is 7.61. The highest BCUT2D eigenvalue weighted by atomic mass is 16.5. The minimum atomic E-state index is 0.193. The van der Waals surface area contributed by atoms with Crippen LogP contribution >= 0.6 is 0 Å². The van der Waals surface area contributed by atoms with Crippen molar-refractivity contribution in [1.82, 2.24) is 9.80 Å². The lowest BCUT2D eigenvalue weighted by Crippen LogP contribution is -2.44. The van der Waals surface area contributed by atoms with E-state index in [-0.39, 0.29) is 12.2 Å². The van der Waals surface area contributed by atoms with Gasteiger partial charge in [0.05, 0.1) is 11.9 Å². The summed E-state index contributed by atoms with van der Waals surface area (Å²) >= 11 is 0. The highest BCUT2D eigenvalue weighted by Gasteiger charge is 2.32. The molecule has 2 fully saturated rings. The molecule has 1 aliphatic carbocycles. The van der Waals surface area contributed by atoms with E-state index in [1.165, 1.54) is 37.9 Å². The average Bonchev–Trinajstić information content (AvgIpc) is 3.39. The van der Waals surface area contributed by atoms with Crippen LogP contribution in [0.5, 0.6) is 0 Å². The van der Waals surface area contributed by atoms with Crippen molar-refractivity contribution in [3.63, 3.8) is 0 Å². The van der Waals surface area contributed by atoms with Crippen LogP contribution in [0, 0.1) is 12.3 Å². The van der Waals surface area contributed by atoms with E-state index >= 15 is 0 Å². The van der Waals surface area contributed by atoms with Crippen LogP contribution in [0.2, 0.25) is 0 Å². The van der Waals surface area contributed by atoms with Crippen LogP contribution in [0.25, 0.3) is 0 Å². The molecular formula is C20H33N2O2. The van der Waals surface area contributed by atoms with E-state index in [0.29, 0.717) is 5.92 Å². The lowest BCUT2D eigenvalue weighted by atomic mass is 9.92. The predicted molar refractivity (Wildman–Crippen MR) is 97.7 cm³/mol. The Balaban J connectivity index is 1.56. The Hall–Kier alpha value is -0.840. The standard InChI is InChI=1S/C20H33N2O2/c1-16(19-9-12-21(2)15-20(19)23-3)24-18(13-17-7-8-17)14-22-10-5-4-6-11-22/h7-8,18-20H,1,4-6,9-15H2,2-3H3. The van der Waals surface area contributed by atoms with Gasteiger partial charge in [0.15, 0.2) is 0 Å². The van der Waals surface area contributed by atoms with E-state index in [9.17, 15) is 0 Å². The van der Waals surface area contributed by atoms with Gasteiger partial charge in [-0.15, -0.1) is 0 Å². The molecule has 0 bridgehead atoms. The van der Waals surface area contributed by atoms with E-state index in [0.717, 1.165) is 38.2 Å². The quantitative estimate of drug-likeness (QED) is 0.638. The maximum absolute atomic E-state index is 6.42. The smallest absolute Gasteiger partial charge is 0.115 e. The first-order chi connectivity index (χ1) is 11.7. The molecule has 0 aromatic heterocycles. The minimum Gasteiger partial charge on any atom is -0.493 e. The molecule has 24 heavy (non-hydrogen) atoms. The number of likely N-dealkylation sites (N-methyl/N-ethyl adjacent to an activating group) is 1. The van der Waals surface area contributed by atoms with E-state index in [4.69, 9.17) is 9.47 Å². The molecule has 0 N–H and O–H groups in total. The number of hydrogen-bond donors (Lipinski definition) is 0. The second kappa shape index (κ2) is 8.50. The Morgan fingerprint density at radius 3 is 2.71 bits per heavy atom. The third-order valence-corrected chi connectivity index (χ3v) is 5.57. The molecule has 0 amide bonds. The average molecular weight is 333 g/mol. The van der Waals surface area contributed by atoms with Crippen molar-refractivity contribution in [3.05, 3.63) is 30.4 Å². The van der Waals surface area contributed by atoms with Gasteiger partial charge in [-0.2, -0.15) is 0 Å². The summed E-state index contributed by atoms with van der Waals surface area (Å²) in [5.41, 5.74) is 1.43. The summed E-state index contributed by atoms with van der Waals surface area (Å²) in [6.45, 7) is 9.78. The molecule has 3 rings (SSSR count). The maximum Gasteiger partial charge on any atom is 0.115 e. The Labute approximate surface area is 147 Å². The van der Waals surface area contributed by atoms with Crippen LogP contribution < -0.4 is 0 Å². The number of nitrogens with zero attached hydrogens (tertiary/aromatic N) is 2. The molecule has 1 radical (unpaired) electrons. The fourth-order valence-electron chi connectivity index (χ4n) is 4.01. The summed E-state index contributed by atoms with van der Waals surface area (Å²) in [5.74, 6) is 1.24. The topological polar surface area (TPSA) is 24.9 Å². The number of rotatable bonds is 8. The number of methoxy groups -OCH3 is 1. The van der Waals surface area contributed by atoms with Crippen LogP contribution in [0.1, 0.15) is 32.1 Å². The summed E-state index contributed by atoms with van der Waals surface area (Å²) in [6, 6.07) is 0. The number of hydrogen-bond acceptors (Lipinski definition) is 4. The van der Waals surface area contributed by atoms with E-state index in [2.05, 4.69) is 35.9 Å². The van der Waals surface area contributed by atoms with Gasteiger partial charge in [-0.25, -0.2) is 0 Å². The van der Waals surface area contributed by atoms with Gasteiger partial charge in [0, 0.05) is 39.0 Å².